The Hall–Kier alpha value is -2.27. The molecule has 0 N–H and O–H groups in total. The predicted octanol–water partition coefficient (Wildman–Crippen LogP) is 4.54. The van der Waals surface area contributed by atoms with Crippen molar-refractivity contribution < 1.29 is 13.2 Å². The van der Waals surface area contributed by atoms with E-state index in [2.05, 4.69) is 29.2 Å². The van der Waals surface area contributed by atoms with Gasteiger partial charge in [0.2, 0.25) is 0 Å². The summed E-state index contributed by atoms with van der Waals surface area (Å²) in [4.78, 5) is 4.33. The molecule has 0 spiro atoms. The molecule has 2 aromatic carbocycles. The maximum atomic E-state index is 12.8. The highest BCUT2D eigenvalue weighted by molar-refractivity contribution is 5.50. The molecule has 2 aromatic rings. The SMILES string of the molecule is FC(F)(F)c1cccc(N2CCN(C/C=C/c3ccccc3)CC2)c1. The Morgan fingerprint density at radius 1 is 0.880 bits per heavy atom. The van der Waals surface area contributed by atoms with Crippen molar-refractivity contribution in [3.63, 3.8) is 0 Å². The number of rotatable bonds is 4. The summed E-state index contributed by atoms with van der Waals surface area (Å²) in [5, 5.41) is 0. The smallest absolute Gasteiger partial charge is 0.369 e. The molecule has 5 heteroatoms. The summed E-state index contributed by atoms with van der Waals surface area (Å²) in [6.45, 7) is 4.01. The van der Waals surface area contributed by atoms with E-state index in [1.807, 2.05) is 23.1 Å². The number of alkyl halides is 3. The molecule has 3 rings (SSSR count). The first kappa shape index (κ1) is 17.5. The minimum absolute atomic E-state index is 0.585. The van der Waals surface area contributed by atoms with Crippen molar-refractivity contribution in [2.45, 2.75) is 6.18 Å². The van der Waals surface area contributed by atoms with Gasteiger partial charge in [-0.15, -0.1) is 0 Å². The van der Waals surface area contributed by atoms with E-state index in [4.69, 9.17) is 0 Å². The van der Waals surface area contributed by atoms with Crippen molar-refractivity contribution in [1.29, 1.82) is 0 Å². The number of benzene rings is 2. The molecule has 0 saturated carbocycles. The summed E-state index contributed by atoms with van der Waals surface area (Å²) >= 11 is 0. The number of hydrogen-bond donors (Lipinski definition) is 0. The first-order valence-corrected chi connectivity index (χ1v) is 8.38. The fourth-order valence-corrected chi connectivity index (χ4v) is 2.97. The summed E-state index contributed by atoms with van der Waals surface area (Å²) < 4.78 is 38.5. The molecule has 0 unspecified atom stereocenters. The van der Waals surface area contributed by atoms with E-state index in [1.165, 1.54) is 17.7 Å². The standard InChI is InChI=1S/C20H21F3N2/c21-20(22,23)18-9-4-10-19(16-18)25-14-12-24(13-15-25)11-5-8-17-6-2-1-3-7-17/h1-10,16H,11-15H2/b8-5+. The second kappa shape index (κ2) is 7.74. The molecule has 0 bridgehead atoms. The number of piperazine rings is 1. The van der Waals surface area contributed by atoms with Gasteiger partial charge < -0.3 is 4.90 Å². The van der Waals surface area contributed by atoms with E-state index in [9.17, 15) is 13.2 Å². The topological polar surface area (TPSA) is 6.48 Å². The highest BCUT2D eigenvalue weighted by Crippen LogP contribution is 2.31. The average Bonchev–Trinajstić information content (AvgIpc) is 2.63. The second-order valence-electron chi connectivity index (χ2n) is 6.15. The molecular formula is C20H21F3N2. The van der Waals surface area contributed by atoms with E-state index < -0.39 is 11.7 Å². The third-order valence-corrected chi connectivity index (χ3v) is 4.38. The molecule has 1 fully saturated rings. The molecule has 1 heterocycles. The fraction of sp³-hybridized carbons (Fsp3) is 0.300. The van der Waals surface area contributed by atoms with Crippen LogP contribution < -0.4 is 4.90 Å². The Balaban J connectivity index is 1.53. The minimum Gasteiger partial charge on any atom is -0.369 e. The van der Waals surface area contributed by atoms with Crippen LogP contribution in [0, 0.1) is 0 Å². The van der Waals surface area contributed by atoms with E-state index in [-0.39, 0.29) is 0 Å². The fourth-order valence-electron chi connectivity index (χ4n) is 2.97. The van der Waals surface area contributed by atoms with Crippen molar-refractivity contribution >= 4 is 11.8 Å². The monoisotopic (exact) mass is 346 g/mol. The van der Waals surface area contributed by atoms with Gasteiger partial charge in [0.05, 0.1) is 5.56 Å². The van der Waals surface area contributed by atoms with Crippen LogP contribution in [0.25, 0.3) is 6.08 Å². The first-order valence-electron chi connectivity index (χ1n) is 8.38. The van der Waals surface area contributed by atoms with Crippen molar-refractivity contribution in [3.8, 4) is 0 Å². The van der Waals surface area contributed by atoms with Crippen LogP contribution >= 0.6 is 0 Å². The number of hydrogen-bond acceptors (Lipinski definition) is 2. The molecule has 0 amide bonds. The minimum atomic E-state index is -4.29. The van der Waals surface area contributed by atoms with Crippen LogP contribution in [0.15, 0.2) is 60.7 Å². The molecule has 132 valence electrons. The quantitative estimate of drug-likeness (QED) is 0.802. The van der Waals surface area contributed by atoms with Crippen molar-refractivity contribution in [1.82, 2.24) is 4.90 Å². The van der Waals surface area contributed by atoms with Crippen LogP contribution in [0.2, 0.25) is 0 Å². The molecular weight excluding hydrogens is 325 g/mol. The second-order valence-corrected chi connectivity index (χ2v) is 6.15. The van der Waals surface area contributed by atoms with Crippen LogP contribution in [0.3, 0.4) is 0 Å². The van der Waals surface area contributed by atoms with Crippen molar-refractivity contribution in [3.05, 3.63) is 71.8 Å². The zero-order chi connectivity index (χ0) is 17.7. The Kier molecular flexibility index (Phi) is 5.43. The van der Waals surface area contributed by atoms with Gasteiger partial charge in [-0.25, -0.2) is 0 Å². The molecule has 1 saturated heterocycles. The lowest BCUT2D eigenvalue weighted by Gasteiger charge is -2.35. The predicted molar refractivity (Wildman–Crippen MR) is 95.6 cm³/mol. The lowest BCUT2D eigenvalue weighted by atomic mass is 10.1. The van der Waals surface area contributed by atoms with E-state index in [0.717, 1.165) is 38.8 Å². The van der Waals surface area contributed by atoms with Gasteiger partial charge in [0.25, 0.3) is 0 Å². The third-order valence-electron chi connectivity index (χ3n) is 4.38. The van der Waals surface area contributed by atoms with E-state index in [1.54, 1.807) is 6.07 Å². The largest absolute Gasteiger partial charge is 0.416 e. The Labute approximate surface area is 146 Å². The molecule has 0 aromatic heterocycles. The van der Waals surface area contributed by atoms with Gasteiger partial charge in [0.1, 0.15) is 0 Å². The highest BCUT2D eigenvalue weighted by Gasteiger charge is 2.31. The molecule has 25 heavy (non-hydrogen) atoms. The Bertz CT molecular complexity index is 702. The molecule has 1 aliphatic rings. The zero-order valence-corrected chi connectivity index (χ0v) is 13.9. The van der Waals surface area contributed by atoms with Crippen LogP contribution in [0.4, 0.5) is 18.9 Å². The maximum Gasteiger partial charge on any atom is 0.416 e. The number of halogens is 3. The molecule has 0 aliphatic carbocycles. The van der Waals surface area contributed by atoms with Crippen LogP contribution in [0.1, 0.15) is 11.1 Å². The van der Waals surface area contributed by atoms with Gasteiger partial charge in [-0.05, 0) is 23.8 Å². The molecule has 0 radical (unpaired) electrons. The van der Waals surface area contributed by atoms with Crippen molar-refractivity contribution in [2.24, 2.45) is 0 Å². The van der Waals surface area contributed by atoms with Crippen LogP contribution in [-0.4, -0.2) is 37.6 Å². The van der Waals surface area contributed by atoms with Gasteiger partial charge in [0, 0.05) is 38.4 Å². The summed E-state index contributed by atoms with van der Waals surface area (Å²) in [7, 11) is 0. The summed E-state index contributed by atoms with van der Waals surface area (Å²) in [6, 6.07) is 15.7. The Morgan fingerprint density at radius 2 is 1.60 bits per heavy atom. The van der Waals surface area contributed by atoms with Crippen LogP contribution in [-0.2, 0) is 6.18 Å². The van der Waals surface area contributed by atoms with Crippen LogP contribution in [0.5, 0.6) is 0 Å². The molecule has 1 aliphatic heterocycles. The van der Waals surface area contributed by atoms with E-state index >= 15 is 0 Å². The lowest BCUT2D eigenvalue weighted by molar-refractivity contribution is -0.137. The van der Waals surface area contributed by atoms with E-state index in [0.29, 0.717) is 5.69 Å². The molecule has 2 nitrogen and oxygen atoms in total. The normalized spacial score (nSPS) is 16.5. The number of anilines is 1. The first-order chi connectivity index (χ1) is 12.0. The van der Waals surface area contributed by atoms with Gasteiger partial charge in [0.15, 0.2) is 0 Å². The van der Waals surface area contributed by atoms with Gasteiger partial charge in [-0.1, -0.05) is 48.6 Å². The van der Waals surface area contributed by atoms with Crippen molar-refractivity contribution in [2.75, 3.05) is 37.6 Å². The molecule has 0 atom stereocenters. The summed E-state index contributed by atoms with van der Waals surface area (Å²) in [5.41, 5.74) is 1.23. The Morgan fingerprint density at radius 3 is 2.28 bits per heavy atom. The summed E-state index contributed by atoms with van der Waals surface area (Å²) in [6.07, 6.45) is -0.0610. The lowest BCUT2D eigenvalue weighted by Crippen LogP contribution is -2.46. The highest BCUT2D eigenvalue weighted by atomic mass is 19.4. The van der Waals surface area contributed by atoms with Gasteiger partial charge >= 0.3 is 6.18 Å². The van der Waals surface area contributed by atoms with Gasteiger partial charge in [-0.3, -0.25) is 4.90 Å². The maximum absolute atomic E-state index is 12.8. The van der Waals surface area contributed by atoms with Gasteiger partial charge in [-0.2, -0.15) is 13.2 Å². The number of nitrogens with zero attached hydrogens (tertiary/aromatic N) is 2. The zero-order valence-electron chi connectivity index (χ0n) is 13.9. The average molecular weight is 346 g/mol. The third kappa shape index (κ3) is 4.86. The summed E-state index contributed by atoms with van der Waals surface area (Å²) in [5.74, 6) is 0.